The van der Waals surface area contributed by atoms with Gasteiger partial charge < -0.3 is 20.6 Å². The van der Waals surface area contributed by atoms with E-state index < -0.39 is 18.2 Å². The molecule has 0 spiro atoms. The van der Waals surface area contributed by atoms with Crippen LogP contribution in [0.5, 0.6) is 0 Å². The number of likely N-dealkylation sites (tertiary alicyclic amines) is 1. The number of aliphatic hydroxyl groups is 1. The second-order valence-corrected chi connectivity index (χ2v) is 9.65. The number of hydrogen-bond donors (Lipinski definition) is 3. The molecule has 0 aliphatic carbocycles. The molecule has 3 rings (SSSR count). The Morgan fingerprint density at radius 3 is 2.41 bits per heavy atom. The zero-order valence-corrected chi connectivity index (χ0v) is 20.3. The highest BCUT2D eigenvalue weighted by molar-refractivity contribution is 5.96. The highest BCUT2D eigenvalue weighted by Gasteiger charge is 2.28. The first-order chi connectivity index (χ1) is 16.2. The Balaban J connectivity index is 1.48. The van der Waals surface area contributed by atoms with E-state index in [1.165, 1.54) is 19.1 Å². The van der Waals surface area contributed by atoms with Gasteiger partial charge in [-0.25, -0.2) is 9.18 Å². The number of nitrogens with one attached hydrogen (secondary N) is 2. The summed E-state index contributed by atoms with van der Waals surface area (Å²) in [5, 5.41) is 16.6. The highest BCUT2D eigenvalue weighted by atomic mass is 19.1. The maximum absolute atomic E-state index is 13.1. The van der Waals surface area contributed by atoms with E-state index in [4.69, 9.17) is 0 Å². The van der Waals surface area contributed by atoms with Crippen LogP contribution in [-0.4, -0.2) is 53.6 Å². The Hall–Kier alpha value is -2.77. The summed E-state index contributed by atoms with van der Waals surface area (Å²) >= 11 is 0. The maximum atomic E-state index is 13.1. The number of ketones is 1. The number of benzene rings is 2. The second kappa shape index (κ2) is 12.1. The summed E-state index contributed by atoms with van der Waals surface area (Å²) in [5.41, 5.74) is 2.22. The number of piperidine rings is 1. The number of carbonyl (C=O) groups excluding carboxylic acids is 2. The standard InChI is InChI=1S/C27H36FN3O3/c1-18(2)26(30-27(34)29-24-6-4-5-22(16-24)19(3)32)25(33)17-31-13-11-21(12-14-31)15-20-7-9-23(28)10-8-20/h4-10,16,18,21,25-26,33H,11-15,17H2,1-3H3,(H2,29,30,34)/t25-,26-/m0/s1. The number of anilines is 1. The summed E-state index contributed by atoms with van der Waals surface area (Å²) in [5.74, 6) is 0.315. The normalized spacial score (nSPS) is 16.8. The van der Waals surface area contributed by atoms with Gasteiger partial charge in [0.2, 0.25) is 0 Å². The number of urea groups is 1. The molecule has 7 heteroatoms. The second-order valence-electron chi connectivity index (χ2n) is 9.65. The van der Waals surface area contributed by atoms with E-state index in [0.29, 0.717) is 23.7 Å². The topological polar surface area (TPSA) is 81.7 Å². The monoisotopic (exact) mass is 469 g/mol. The van der Waals surface area contributed by atoms with E-state index in [2.05, 4.69) is 15.5 Å². The molecule has 0 saturated carbocycles. The quantitative estimate of drug-likeness (QED) is 0.473. The first-order valence-corrected chi connectivity index (χ1v) is 12.0. The average molecular weight is 470 g/mol. The lowest BCUT2D eigenvalue weighted by molar-refractivity contribution is 0.0539. The van der Waals surface area contributed by atoms with Crippen molar-refractivity contribution in [1.29, 1.82) is 0 Å². The third-order valence-electron chi connectivity index (χ3n) is 6.55. The van der Waals surface area contributed by atoms with Gasteiger partial charge in [-0.15, -0.1) is 0 Å². The van der Waals surface area contributed by atoms with Crippen molar-refractivity contribution in [1.82, 2.24) is 10.2 Å². The van der Waals surface area contributed by atoms with Crippen LogP contribution in [0.15, 0.2) is 48.5 Å². The Kier molecular flexibility index (Phi) is 9.19. The minimum absolute atomic E-state index is 0.0420. The van der Waals surface area contributed by atoms with E-state index >= 15 is 0 Å². The molecule has 1 heterocycles. The van der Waals surface area contributed by atoms with Crippen LogP contribution in [0.4, 0.5) is 14.9 Å². The third-order valence-corrected chi connectivity index (χ3v) is 6.55. The van der Waals surface area contributed by atoms with Gasteiger partial charge in [0.05, 0.1) is 12.1 Å². The number of amides is 2. The molecule has 2 atom stereocenters. The van der Waals surface area contributed by atoms with Gasteiger partial charge in [0.25, 0.3) is 0 Å². The molecule has 1 saturated heterocycles. The maximum Gasteiger partial charge on any atom is 0.319 e. The molecule has 1 aliphatic heterocycles. The lowest BCUT2D eigenvalue weighted by Crippen LogP contribution is -2.53. The molecule has 0 radical (unpaired) electrons. The van der Waals surface area contributed by atoms with Crippen molar-refractivity contribution < 1.29 is 19.1 Å². The summed E-state index contributed by atoms with van der Waals surface area (Å²) < 4.78 is 13.1. The Morgan fingerprint density at radius 2 is 1.79 bits per heavy atom. The smallest absolute Gasteiger partial charge is 0.319 e. The van der Waals surface area contributed by atoms with Crippen LogP contribution in [0.2, 0.25) is 0 Å². The van der Waals surface area contributed by atoms with Crippen LogP contribution < -0.4 is 10.6 Å². The highest BCUT2D eigenvalue weighted by Crippen LogP contribution is 2.23. The summed E-state index contributed by atoms with van der Waals surface area (Å²) in [6.45, 7) is 7.69. The van der Waals surface area contributed by atoms with Crippen LogP contribution in [-0.2, 0) is 6.42 Å². The Morgan fingerprint density at radius 1 is 1.12 bits per heavy atom. The molecule has 0 aromatic heterocycles. The first-order valence-electron chi connectivity index (χ1n) is 12.0. The van der Waals surface area contributed by atoms with Gasteiger partial charge in [0.15, 0.2) is 5.78 Å². The molecular weight excluding hydrogens is 433 g/mol. The minimum atomic E-state index is -0.706. The minimum Gasteiger partial charge on any atom is -0.390 e. The van der Waals surface area contributed by atoms with Gasteiger partial charge in [-0.05, 0) is 80.9 Å². The van der Waals surface area contributed by atoms with Gasteiger partial charge in [-0.3, -0.25) is 4.79 Å². The van der Waals surface area contributed by atoms with Crippen molar-refractivity contribution >= 4 is 17.5 Å². The zero-order valence-electron chi connectivity index (χ0n) is 20.3. The van der Waals surface area contributed by atoms with Crippen LogP contribution >= 0.6 is 0 Å². The van der Waals surface area contributed by atoms with E-state index in [0.717, 1.165) is 37.9 Å². The number of β-amino-alcohol motifs (C(OH)–C–C–N with tert-alkyl or cyclic N) is 1. The van der Waals surface area contributed by atoms with Crippen molar-refractivity contribution in [2.75, 3.05) is 25.0 Å². The largest absolute Gasteiger partial charge is 0.390 e. The fraction of sp³-hybridized carbons (Fsp3) is 0.481. The predicted octanol–water partition coefficient (Wildman–Crippen LogP) is 4.49. The van der Waals surface area contributed by atoms with Crippen molar-refractivity contribution in [3.8, 4) is 0 Å². The fourth-order valence-electron chi connectivity index (χ4n) is 4.55. The van der Waals surface area contributed by atoms with Gasteiger partial charge in [-0.1, -0.05) is 38.1 Å². The van der Waals surface area contributed by atoms with Crippen molar-refractivity contribution in [2.45, 2.75) is 52.2 Å². The average Bonchev–Trinajstić information content (AvgIpc) is 2.80. The number of aliphatic hydroxyl groups excluding tert-OH is 1. The molecule has 184 valence electrons. The molecule has 1 fully saturated rings. The van der Waals surface area contributed by atoms with Gasteiger partial charge >= 0.3 is 6.03 Å². The molecule has 0 unspecified atom stereocenters. The number of Topliss-reactive ketones (excluding diaryl/α,β-unsaturated/α-hetero) is 1. The SMILES string of the molecule is CC(=O)c1cccc(NC(=O)N[C@@H](C(C)C)[C@@H](O)CN2CCC(Cc3ccc(F)cc3)CC2)c1. The van der Waals surface area contributed by atoms with Gasteiger partial charge in [0, 0.05) is 17.8 Å². The lowest BCUT2D eigenvalue weighted by Gasteiger charge is -2.36. The fourth-order valence-corrected chi connectivity index (χ4v) is 4.55. The number of rotatable bonds is 9. The van der Waals surface area contributed by atoms with Crippen molar-refractivity contribution in [3.63, 3.8) is 0 Å². The van der Waals surface area contributed by atoms with Crippen LogP contribution in [0, 0.1) is 17.7 Å². The number of halogens is 1. The molecule has 2 aromatic carbocycles. The van der Waals surface area contributed by atoms with Crippen molar-refractivity contribution in [3.05, 3.63) is 65.5 Å². The van der Waals surface area contributed by atoms with E-state index in [1.54, 1.807) is 24.3 Å². The van der Waals surface area contributed by atoms with E-state index in [9.17, 15) is 19.1 Å². The summed E-state index contributed by atoms with van der Waals surface area (Å²) in [6, 6.07) is 12.7. The summed E-state index contributed by atoms with van der Waals surface area (Å²) in [7, 11) is 0. The Labute approximate surface area is 201 Å². The van der Waals surface area contributed by atoms with Crippen LogP contribution in [0.1, 0.15) is 49.5 Å². The van der Waals surface area contributed by atoms with E-state index in [-0.39, 0.29) is 17.5 Å². The number of carbonyl (C=O) groups is 2. The molecule has 6 nitrogen and oxygen atoms in total. The van der Waals surface area contributed by atoms with Crippen LogP contribution in [0.25, 0.3) is 0 Å². The molecule has 2 amide bonds. The molecule has 2 aromatic rings. The molecule has 34 heavy (non-hydrogen) atoms. The molecule has 1 aliphatic rings. The zero-order chi connectivity index (χ0) is 24.7. The Bertz CT molecular complexity index is 956. The first kappa shape index (κ1) is 25.8. The van der Waals surface area contributed by atoms with Gasteiger partial charge in [-0.2, -0.15) is 0 Å². The lowest BCUT2D eigenvalue weighted by atomic mass is 9.89. The van der Waals surface area contributed by atoms with E-state index in [1.807, 2.05) is 26.0 Å². The molecular formula is C27H36FN3O3. The summed E-state index contributed by atoms with van der Waals surface area (Å²) in [4.78, 5) is 26.4. The third kappa shape index (κ3) is 7.64. The molecule has 0 bridgehead atoms. The summed E-state index contributed by atoms with van der Waals surface area (Å²) in [6.07, 6.45) is 2.29. The number of hydrogen-bond acceptors (Lipinski definition) is 4. The molecule has 3 N–H and O–H groups in total. The van der Waals surface area contributed by atoms with Gasteiger partial charge in [0.1, 0.15) is 5.82 Å². The van der Waals surface area contributed by atoms with Crippen LogP contribution in [0.3, 0.4) is 0 Å². The predicted molar refractivity (Wildman–Crippen MR) is 133 cm³/mol. The van der Waals surface area contributed by atoms with Crippen molar-refractivity contribution in [2.24, 2.45) is 11.8 Å². The number of nitrogens with zero attached hydrogens (tertiary/aromatic N) is 1.